The third-order valence-electron chi connectivity index (χ3n) is 1.56. The van der Waals surface area contributed by atoms with E-state index < -0.39 is 11.9 Å². The molecule has 1 heterocycles. The van der Waals surface area contributed by atoms with Gasteiger partial charge in [-0.3, -0.25) is 14.6 Å². The van der Waals surface area contributed by atoms with Crippen molar-refractivity contribution >= 4 is 11.9 Å². The molecule has 0 saturated carbocycles. The zero-order chi connectivity index (χ0) is 10.6. The van der Waals surface area contributed by atoms with Gasteiger partial charge in [0.15, 0.2) is 0 Å². The minimum Gasteiger partial charge on any atom is -0.481 e. The third kappa shape index (κ3) is 3.22. The lowest BCUT2D eigenvalue weighted by Gasteiger charge is -1.99. The highest BCUT2D eigenvalue weighted by Gasteiger charge is 2.04. The van der Waals surface area contributed by atoms with E-state index in [2.05, 4.69) is 4.98 Å². The lowest BCUT2D eigenvalue weighted by Crippen LogP contribution is -2.04. The predicted molar refractivity (Wildman–Crippen MR) is 46.9 cm³/mol. The van der Waals surface area contributed by atoms with Gasteiger partial charge in [-0.25, -0.2) is 0 Å². The summed E-state index contributed by atoms with van der Waals surface area (Å²) in [4.78, 5) is 24.5. The maximum Gasteiger partial charge on any atom is 0.307 e. The van der Waals surface area contributed by atoms with Gasteiger partial charge in [0.05, 0.1) is 12.8 Å². The van der Waals surface area contributed by atoms with E-state index in [9.17, 15) is 9.59 Å². The van der Waals surface area contributed by atoms with Gasteiger partial charge >= 0.3 is 11.9 Å². The second kappa shape index (κ2) is 4.36. The molecule has 1 aromatic rings. The van der Waals surface area contributed by atoms with Crippen molar-refractivity contribution in [1.29, 1.82) is 0 Å². The molecule has 0 bridgehead atoms. The first-order chi connectivity index (χ1) is 6.58. The molecule has 0 amide bonds. The van der Waals surface area contributed by atoms with Crippen LogP contribution in [0.5, 0.6) is 0 Å². The standard InChI is InChI=1S/C9H9NO4/c11-8(12)2-6-1-7(3-9(13)14)5-10-4-6/h1,4-5H,2-3H2,(H,11,12)(H,13,14). The van der Waals surface area contributed by atoms with Gasteiger partial charge in [-0.2, -0.15) is 0 Å². The van der Waals surface area contributed by atoms with Gasteiger partial charge in [0.1, 0.15) is 0 Å². The van der Waals surface area contributed by atoms with Crippen molar-refractivity contribution in [2.75, 3.05) is 0 Å². The topological polar surface area (TPSA) is 87.5 Å². The first kappa shape index (κ1) is 10.2. The van der Waals surface area contributed by atoms with Crippen LogP contribution in [0.15, 0.2) is 18.5 Å². The molecule has 0 radical (unpaired) electrons. The number of carboxylic acids is 2. The second-order valence-electron chi connectivity index (χ2n) is 2.84. The van der Waals surface area contributed by atoms with Crippen molar-refractivity contribution in [1.82, 2.24) is 4.98 Å². The molecule has 0 aliphatic carbocycles. The molecule has 0 spiro atoms. The van der Waals surface area contributed by atoms with E-state index in [1.165, 1.54) is 18.5 Å². The summed E-state index contributed by atoms with van der Waals surface area (Å²) in [7, 11) is 0. The summed E-state index contributed by atoms with van der Waals surface area (Å²) in [6, 6.07) is 1.54. The Morgan fingerprint density at radius 1 is 1.07 bits per heavy atom. The lowest BCUT2D eigenvalue weighted by atomic mass is 10.1. The van der Waals surface area contributed by atoms with Gasteiger partial charge < -0.3 is 10.2 Å². The van der Waals surface area contributed by atoms with Crippen LogP contribution in [0.3, 0.4) is 0 Å². The predicted octanol–water partition coefficient (Wildman–Crippen LogP) is 0.336. The molecule has 5 nitrogen and oxygen atoms in total. The number of hydrogen-bond acceptors (Lipinski definition) is 3. The van der Waals surface area contributed by atoms with Crippen molar-refractivity contribution in [2.45, 2.75) is 12.8 Å². The van der Waals surface area contributed by atoms with E-state index in [1.54, 1.807) is 0 Å². The largest absolute Gasteiger partial charge is 0.481 e. The number of aliphatic carboxylic acids is 2. The number of rotatable bonds is 4. The summed E-state index contributed by atoms with van der Waals surface area (Å²) in [6.07, 6.45) is 2.56. The molecule has 0 unspecified atom stereocenters. The van der Waals surface area contributed by atoms with E-state index in [4.69, 9.17) is 10.2 Å². The molecular weight excluding hydrogens is 186 g/mol. The van der Waals surface area contributed by atoms with E-state index >= 15 is 0 Å². The average molecular weight is 195 g/mol. The first-order valence-corrected chi connectivity index (χ1v) is 3.94. The van der Waals surface area contributed by atoms with Crippen molar-refractivity contribution in [3.63, 3.8) is 0 Å². The maximum atomic E-state index is 10.4. The number of aromatic nitrogens is 1. The van der Waals surface area contributed by atoms with Crippen molar-refractivity contribution in [3.8, 4) is 0 Å². The van der Waals surface area contributed by atoms with Crippen molar-refractivity contribution < 1.29 is 19.8 Å². The van der Waals surface area contributed by atoms with Gasteiger partial charge in [0.2, 0.25) is 0 Å². The Bertz CT molecular complexity index is 330. The van der Waals surface area contributed by atoms with Gasteiger partial charge in [0, 0.05) is 12.4 Å². The average Bonchev–Trinajstić information content (AvgIpc) is 2.01. The SMILES string of the molecule is O=C(O)Cc1cncc(CC(=O)O)c1. The Morgan fingerprint density at radius 2 is 1.50 bits per heavy atom. The zero-order valence-corrected chi connectivity index (χ0v) is 7.30. The quantitative estimate of drug-likeness (QED) is 0.723. The minimum atomic E-state index is -0.959. The fraction of sp³-hybridized carbons (Fsp3) is 0.222. The Morgan fingerprint density at radius 3 is 1.86 bits per heavy atom. The molecule has 5 heteroatoms. The van der Waals surface area contributed by atoms with Gasteiger partial charge in [0.25, 0.3) is 0 Å². The summed E-state index contributed by atoms with van der Waals surface area (Å²) < 4.78 is 0. The van der Waals surface area contributed by atoms with Crippen LogP contribution >= 0.6 is 0 Å². The number of hydrogen-bond donors (Lipinski definition) is 2. The minimum absolute atomic E-state index is 0.138. The van der Waals surface area contributed by atoms with Crippen LogP contribution in [0.4, 0.5) is 0 Å². The molecule has 74 valence electrons. The Labute approximate surface area is 80.0 Å². The molecule has 0 aliphatic rings. The zero-order valence-electron chi connectivity index (χ0n) is 7.30. The fourth-order valence-electron chi connectivity index (χ4n) is 1.08. The van der Waals surface area contributed by atoms with E-state index in [0.29, 0.717) is 11.1 Å². The molecule has 14 heavy (non-hydrogen) atoms. The molecule has 2 N–H and O–H groups in total. The van der Waals surface area contributed by atoms with Gasteiger partial charge in [-0.15, -0.1) is 0 Å². The number of carboxylic acid groups (broad SMARTS) is 2. The maximum absolute atomic E-state index is 10.4. The van der Waals surface area contributed by atoms with Crippen LogP contribution in [-0.4, -0.2) is 27.1 Å². The van der Waals surface area contributed by atoms with E-state index in [1.807, 2.05) is 0 Å². The second-order valence-corrected chi connectivity index (χ2v) is 2.84. The highest BCUT2D eigenvalue weighted by Crippen LogP contribution is 2.04. The van der Waals surface area contributed by atoms with Crippen LogP contribution < -0.4 is 0 Å². The molecule has 0 saturated heterocycles. The smallest absolute Gasteiger partial charge is 0.307 e. The van der Waals surface area contributed by atoms with Crippen LogP contribution in [-0.2, 0) is 22.4 Å². The molecule has 0 aliphatic heterocycles. The van der Waals surface area contributed by atoms with Gasteiger partial charge in [-0.05, 0) is 11.1 Å². The number of pyridine rings is 1. The molecule has 0 atom stereocenters. The van der Waals surface area contributed by atoms with Crippen molar-refractivity contribution in [3.05, 3.63) is 29.6 Å². The Hall–Kier alpha value is -1.91. The number of nitrogens with zero attached hydrogens (tertiary/aromatic N) is 1. The lowest BCUT2D eigenvalue weighted by molar-refractivity contribution is -0.137. The van der Waals surface area contributed by atoms with Crippen LogP contribution in [0, 0.1) is 0 Å². The monoisotopic (exact) mass is 195 g/mol. The third-order valence-corrected chi connectivity index (χ3v) is 1.56. The van der Waals surface area contributed by atoms with Crippen LogP contribution in [0.2, 0.25) is 0 Å². The van der Waals surface area contributed by atoms with E-state index in [0.717, 1.165) is 0 Å². The summed E-state index contributed by atoms with van der Waals surface area (Å²) >= 11 is 0. The highest BCUT2D eigenvalue weighted by atomic mass is 16.4. The fourth-order valence-corrected chi connectivity index (χ4v) is 1.08. The summed E-state index contributed by atoms with van der Waals surface area (Å²) in [5.74, 6) is -1.92. The van der Waals surface area contributed by atoms with Crippen LogP contribution in [0.1, 0.15) is 11.1 Å². The molecule has 0 aromatic carbocycles. The summed E-state index contributed by atoms with van der Waals surface area (Å²) in [6.45, 7) is 0. The van der Waals surface area contributed by atoms with Gasteiger partial charge in [-0.1, -0.05) is 6.07 Å². The van der Waals surface area contributed by atoms with E-state index in [-0.39, 0.29) is 12.8 Å². The van der Waals surface area contributed by atoms with Crippen molar-refractivity contribution in [2.24, 2.45) is 0 Å². The molecular formula is C9H9NO4. The molecule has 0 fully saturated rings. The summed E-state index contributed by atoms with van der Waals surface area (Å²) in [5, 5.41) is 17.0. The molecule has 1 aromatic heterocycles. The first-order valence-electron chi connectivity index (χ1n) is 3.94. The molecule has 1 rings (SSSR count). The normalized spacial score (nSPS) is 9.71. The Kier molecular flexibility index (Phi) is 3.17. The summed E-state index contributed by atoms with van der Waals surface area (Å²) in [5.41, 5.74) is 1.02. The van der Waals surface area contributed by atoms with Crippen LogP contribution in [0.25, 0.3) is 0 Å². The Balaban J connectivity index is 2.78. The highest BCUT2D eigenvalue weighted by molar-refractivity contribution is 5.71. The number of carbonyl (C=O) groups is 2.